The van der Waals surface area contributed by atoms with Crippen molar-refractivity contribution in [3.8, 4) is 5.75 Å². The van der Waals surface area contributed by atoms with Crippen LogP contribution in [0.2, 0.25) is 5.02 Å². The fourth-order valence-corrected chi connectivity index (χ4v) is 3.49. The molecule has 0 spiro atoms. The van der Waals surface area contributed by atoms with Gasteiger partial charge in [0.2, 0.25) is 5.91 Å². The van der Waals surface area contributed by atoms with Crippen molar-refractivity contribution in [2.75, 3.05) is 33.3 Å². The molecule has 7 heteroatoms. The molecule has 1 aliphatic heterocycles. The molecule has 144 valence electrons. The molecule has 0 saturated carbocycles. The first-order chi connectivity index (χ1) is 13.1. The maximum absolute atomic E-state index is 13.6. The Morgan fingerprint density at radius 3 is 3.00 bits per heavy atom. The molecule has 1 atom stereocenters. The standard InChI is InChI=1S/C20H23ClFN3O2/c1-27-19-6-5-16(21)9-15(19)11-24-20(26)13-25-8-7-23-12-18(25)14-3-2-4-17(22)10-14/h2-6,9-10,18,23H,7-8,11-13H2,1H3,(H,24,26). The summed E-state index contributed by atoms with van der Waals surface area (Å²) < 4.78 is 18.9. The molecule has 1 saturated heterocycles. The highest BCUT2D eigenvalue weighted by Crippen LogP contribution is 2.24. The molecule has 1 fully saturated rings. The summed E-state index contributed by atoms with van der Waals surface area (Å²) in [5, 5.41) is 6.82. The number of ether oxygens (including phenoxy) is 1. The van der Waals surface area contributed by atoms with Gasteiger partial charge in [0, 0.05) is 42.8 Å². The van der Waals surface area contributed by atoms with Gasteiger partial charge < -0.3 is 15.4 Å². The van der Waals surface area contributed by atoms with Crippen molar-refractivity contribution in [2.45, 2.75) is 12.6 Å². The number of nitrogens with one attached hydrogen (secondary N) is 2. The van der Waals surface area contributed by atoms with E-state index in [-0.39, 0.29) is 24.3 Å². The molecule has 27 heavy (non-hydrogen) atoms. The SMILES string of the molecule is COc1ccc(Cl)cc1CNC(=O)CN1CCNCC1c1cccc(F)c1. The molecule has 0 bridgehead atoms. The van der Waals surface area contributed by atoms with E-state index in [0.717, 1.165) is 24.2 Å². The number of hydrogen-bond donors (Lipinski definition) is 2. The lowest BCUT2D eigenvalue weighted by Crippen LogP contribution is -2.49. The molecule has 1 aliphatic rings. The molecular weight excluding hydrogens is 369 g/mol. The van der Waals surface area contributed by atoms with Crippen molar-refractivity contribution in [2.24, 2.45) is 0 Å². The van der Waals surface area contributed by atoms with Gasteiger partial charge in [-0.2, -0.15) is 0 Å². The number of carbonyl (C=O) groups excluding carboxylic acids is 1. The summed E-state index contributed by atoms with van der Waals surface area (Å²) in [6, 6.07) is 11.8. The van der Waals surface area contributed by atoms with Gasteiger partial charge in [-0.25, -0.2) is 4.39 Å². The van der Waals surface area contributed by atoms with Gasteiger partial charge in [-0.1, -0.05) is 23.7 Å². The average molecular weight is 392 g/mol. The third-order valence-corrected chi connectivity index (χ3v) is 4.89. The highest BCUT2D eigenvalue weighted by molar-refractivity contribution is 6.30. The molecule has 0 aliphatic carbocycles. The van der Waals surface area contributed by atoms with E-state index >= 15 is 0 Å². The van der Waals surface area contributed by atoms with Crippen LogP contribution >= 0.6 is 11.6 Å². The van der Waals surface area contributed by atoms with E-state index in [2.05, 4.69) is 15.5 Å². The molecular formula is C20H23ClFN3O2. The van der Waals surface area contributed by atoms with E-state index in [1.165, 1.54) is 12.1 Å². The lowest BCUT2D eigenvalue weighted by molar-refractivity contribution is -0.123. The molecule has 0 radical (unpaired) electrons. The molecule has 1 amide bonds. The number of carbonyl (C=O) groups is 1. The lowest BCUT2D eigenvalue weighted by atomic mass is 10.0. The van der Waals surface area contributed by atoms with Crippen LogP contribution in [0.25, 0.3) is 0 Å². The Labute approximate surface area is 163 Å². The van der Waals surface area contributed by atoms with Gasteiger partial charge in [0.15, 0.2) is 0 Å². The van der Waals surface area contributed by atoms with Crippen LogP contribution in [0, 0.1) is 5.82 Å². The normalized spacial score (nSPS) is 17.5. The van der Waals surface area contributed by atoms with E-state index < -0.39 is 0 Å². The fourth-order valence-electron chi connectivity index (χ4n) is 3.30. The van der Waals surface area contributed by atoms with E-state index in [0.29, 0.717) is 23.9 Å². The van der Waals surface area contributed by atoms with E-state index in [1.807, 2.05) is 6.07 Å². The molecule has 1 unspecified atom stereocenters. The Bertz CT molecular complexity index is 803. The van der Waals surface area contributed by atoms with Crippen molar-refractivity contribution in [1.29, 1.82) is 0 Å². The van der Waals surface area contributed by atoms with Gasteiger partial charge in [-0.05, 0) is 35.9 Å². The minimum atomic E-state index is -0.268. The Hall–Kier alpha value is -2.15. The Balaban J connectivity index is 1.63. The van der Waals surface area contributed by atoms with Crippen molar-refractivity contribution >= 4 is 17.5 Å². The summed E-state index contributed by atoms with van der Waals surface area (Å²) in [5.41, 5.74) is 1.69. The zero-order chi connectivity index (χ0) is 19.2. The third-order valence-electron chi connectivity index (χ3n) is 4.65. The van der Waals surface area contributed by atoms with Gasteiger partial charge in [-0.3, -0.25) is 9.69 Å². The number of halogens is 2. The van der Waals surface area contributed by atoms with Crippen molar-refractivity contribution in [1.82, 2.24) is 15.5 Å². The Morgan fingerprint density at radius 2 is 2.22 bits per heavy atom. The predicted octanol–water partition coefficient (Wildman–Crippen LogP) is 2.75. The van der Waals surface area contributed by atoms with Crippen LogP contribution in [-0.4, -0.2) is 44.1 Å². The molecule has 2 N–H and O–H groups in total. The van der Waals surface area contributed by atoms with Crippen LogP contribution in [0.5, 0.6) is 5.75 Å². The van der Waals surface area contributed by atoms with E-state index in [1.54, 1.807) is 31.4 Å². The molecule has 1 heterocycles. The van der Waals surface area contributed by atoms with Crippen molar-refractivity contribution in [3.05, 3.63) is 64.4 Å². The Morgan fingerprint density at radius 1 is 1.37 bits per heavy atom. The largest absolute Gasteiger partial charge is 0.496 e. The monoisotopic (exact) mass is 391 g/mol. The topological polar surface area (TPSA) is 53.6 Å². The van der Waals surface area contributed by atoms with Crippen LogP contribution < -0.4 is 15.4 Å². The second kappa shape index (κ2) is 9.17. The lowest BCUT2D eigenvalue weighted by Gasteiger charge is -2.36. The second-order valence-electron chi connectivity index (χ2n) is 6.48. The summed E-state index contributed by atoms with van der Waals surface area (Å²) in [6.07, 6.45) is 0. The number of benzene rings is 2. The molecule has 2 aromatic carbocycles. The molecule has 5 nitrogen and oxygen atoms in total. The smallest absolute Gasteiger partial charge is 0.234 e. The number of piperazine rings is 1. The molecule has 2 aromatic rings. The zero-order valence-electron chi connectivity index (χ0n) is 15.2. The average Bonchev–Trinajstić information content (AvgIpc) is 2.67. The van der Waals surface area contributed by atoms with Gasteiger partial charge >= 0.3 is 0 Å². The number of amides is 1. The van der Waals surface area contributed by atoms with E-state index in [4.69, 9.17) is 16.3 Å². The first-order valence-corrected chi connectivity index (χ1v) is 9.24. The maximum Gasteiger partial charge on any atom is 0.234 e. The van der Waals surface area contributed by atoms with Gasteiger partial charge in [0.25, 0.3) is 0 Å². The van der Waals surface area contributed by atoms with Crippen LogP contribution in [0.3, 0.4) is 0 Å². The van der Waals surface area contributed by atoms with Crippen LogP contribution in [0.1, 0.15) is 17.2 Å². The van der Waals surface area contributed by atoms with Crippen LogP contribution in [-0.2, 0) is 11.3 Å². The Kier molecular flexibility index (Phi) is 6.66. The van der Waals surface area contributed by atoms with Crippen LogP contribution in [0.4, 0.5) is 4.39 Å². The summed E-state index contributed by atoms with van der Waals surface area (Å²) in [6.45, 7) is 2.76. The molecule has 3 rings (SSSR count). The summed E-state index contributed by atoms with van der Waals surface area (Å²) >= 11 is 6.03. The first-order valence-electron chi connectivity index (χ1n) is 8.86. The first kappa shape index (κ1) is 19.6. The zero-order valence-corrected chi connectivity index (χ0v) is 15.9. The second-order valence-corrected chi connectivity index (χ2v) is 6.91. The van der Waals surface area contributed by atoms with Gasteiger partial charge in [0.1, 0.15) is 11.6 Å². The highest BCUT2D eigenvalue weighted by Gasteiger charge is 2.25. The predicted molar refractivity (Wildman–Crippen MR) is 103 cm³/mol. The number of rotatable bonds is 6. The minimum absolute atomic E-state index is 0.0408. The van der Waals surface area contributed by atoms with Gasteiger partial charge in [-0.15, -0.1) is 0 Å². The quantitative estimate of drug-likeness (QED) is 0.795. The van der Waals surface area contributed by atoms with E-state index in [9.17, 15) is 9.18 Å². The summed E-state index contributed by atoms with van der Waals surface area (Å²) in [4.78, 5) is 14.6. The molecule has 0 aromatic heterocycles. The van der Waals surface area contributed by atoms with Gasteiger partial charge in [0.05, 0.1) is 13.7 Å². The number of nitrogens with zero attached hydrogens (tertiary/aromatic N) is 1. The van der Waals surface area contributed by atoms with Crippen molar-refractivity contribution < 1.29 is 13.9 Å². The highest BCUT2D eigenvalue weighted by atomic mass is 35.5. The van der Waals surface area contributed by atoms with Crippen molar-refractivity contribution in [3.63, 3.8) is 0 Å². The minimum Gasteiger partial charge on any atom is -0.496 e. The summed E-state index contributed by atoms with van der Waals surface area (Å²) in [5.74, 6) is 0.315. The fraction of sp³-hybridized carbons (Fsp3) is 0.350. The maximum atomic E-state index is 13.6. The third kappa shape index (κ3) is 5.19. The summed E-state index contributed by atoms with van der Waals surface area (Å²) in [7, 11) is 1.58. The number of hydrogen-bond acceptors (Lipinski definition) is 4. The van der Waals surface area contributed by atoms with Crippen LogP contribution in [0.15, 0.2) is 42.5 Å². The number of methoxy groups -OCH3 is 1.